The van der Waals surface area contributed by atoms with Gasteiger partial charge < -0.3 is 20.1 Å². The molecule has 0 aliphatic carbocycles. The molecule has 2 N–H and O–H groups in total. The molecule has 2 atom stereocenters. The number of aromatic amines is 1. The summed E-state index contributed by atoms with van der Waals surface area (Å²) in [6.45, 7) is 5.93. The van der Waals surface area contributed by atoms with E-state index in [0.29, 0.717) is 30.2 Å². The Kier molecular flexibility index (Phi) is 6.49. The maximum absolute atomic E-state index is 13.0. The Labute approximate surface area is 214 Å². The predicted octanol–water partition coefficient (Wildman–Crippen LogP) is 5.13. The lowest BCUT2D eigenvalue weighted by Crippen LogP contribution is -2.57. The number of aromatic nitrogens is 3. The van der Waals surface area contributed by atoms with Crippen molar-refractivity contribution in [2.75, 3.05) is 24.5 Å². The van der Waals surface area contributed by atoms with Gasteiger partial charge in [0, 0.05) is 36.4 Å². The van der Waals surface area contributed by atoms with Gasteiger partial charge >= 0.3 is 6.03 Å². The van der Waals surface area contributed by atoms with Crippen LogP contribution >= 0.6 is 11.6 Å². The fraction of sp³-hybridized carbons (Fsp3) is 0.259. The van der Waals surface area contributed by atoms with Gasteiger partial charge in [0.2, 0.25) is 0 Å². The van der Waals surface area contributed by atoms with Crippen LogP contribution in [0.3, 0.4) is 0 Å². The van der Waals surface area contributed by atoms with E-state index in [4.69, 9.17) is 16.9 Å². The Bertz CT molecular complexity index is 1430. The summed E-state index contributed by atoms with van der Waals surface area (Å²) in [7, 11) is 0. The lowest BCUT2D eigenvalue weighted by molar-refractivity contribution is 0.168. The number of nitrogens with one attached hydrogen (secondary N) is 2. The van der Waals surface area contributed by atoms with Crippen molar-refractivity contribution in [2.24, 2.45) is 0 Å². The number of halogens is 1. The van der Waals surface area contributed by atoms with Crippen LogP contribution in [0.5, 0.6) is 0 Å². The summed E-state index contributed by atoms with van der Waals surface area (Å²) in [4.78, 5) is 29.5. The van der Waals surface area contributed by atoms with E-state index in [2.05, 4.69) is 38.2 Å². The second-order valence-electron chi connectivity index (χ2n) is 9.04. The largest absolute Gasteiger partial charge is 0.352 e. The Morgan fingerprint density at radius 1 is 1.17 bits per heavy atom. The highest BCUT2D eigenvalue weighted by molar-refractivity contribution is 6.30. The van der Waals surface area contributed by atoms with E-state index in [1.54, 1.807) is 18.5 Å². The molecule has 0 unspecified atom stereocenters. The van der Waals surface area contributed by atoms with Gasteiger partial charge in [-0.15, -0.1) is 0 Å². The Hall–Kier alpha value is -4.09. The summed E-state index contributed by atoms with van der Waals surface area (Å²) in [6.07, 6.45) is 1.56. The summed E-state index contributed by atoms with van der Waals surface area (Å²) in [6, 6.07) is 18.9. The molecule has 0 saturated carbocycles. The molecule has 0 bridgehead atoms. The Morgan fingerprint density at radius 3 is 2.61 bits per heavy atom. The number of hydrogen-bond acceptors (Lipinski definition) is 5. The number of fused-ring (bicyclic) bond motifs is 1. The molecule has 1 fully saturated rings. The van der Waals surface area contributed by atoms with Gasteiger partial charge in [0.25, 0.3) is 0 Å². The van der Waals surface area contributed by atoms with Crippen LogP contribution < -0.4 is 10.2 Å². The highest BCUT2D eigenvalue weighted by Crippen LogP contribution is 2.30. The van der Waals surface area contributed by atoms with E-state index in [1.165, 1.54) is 0 Å². The normalized spacial score (nSPS) is 16.6. The molecule has 182 valence electrons. The van der Waals surface area contributed by atoms with Crippen LogP contribution in [0, 0.1) is 11.3 Å². The number of carbonyl (C=O) groups is 1. The second kappa shape index (κ2) is 9.88. The van der Waals surface area contributed by atoms with Crippen LogP contribution in [0.4, 0.5) is 10.6 Å². The average Bonchev–Trinajstić information content (AvgIpc) is 3.33. The van der Waals surface area contributed by atoms with Gasteiger partial charge in [0.05, 0.1) is 23.1 Å². The molecular weight excluding hydrogens is 474 g/mol. The van der Waals surface area contributed by atoms with Crippen molar-refractivity contribution < 1.29 is 4.79 Å². The molecule has 2 aromatic heterocycles. The van der Waals surface area contributed by atoms with Gasteiger partial charge in [-0.25, -0.2) is 14.8 Å². The number of piperazine rings is 1. The first kappa shape index (κ1) is 23.6. The molecule has 8 nitrogen and oxygen atoms in total. The minimum Gasteiger partial charge on any atom is -0.352 e. The average molecular weight is 500 g/mol. The van der Waals surface area contributed by atoms with Crippen LogP contribution in [0.25, 0.3) is 22.3 Å². The standard InChI is InChI=1S/C27H26ClN7O/c1-17-15-34(11-12-35(17)27(36)32-18(2)20-7-9-22(28)10-8-20)26-23-13-24(33-25(23)30-16-31-26)21-5-3-19(14-29)4-6-21/h3-10,13,16-18H,11-12,15H2,1-2H3,(H,32,36)(H,30,31,33)/t17-,18+/m1/s1. The molecule has 1 aliphatic heterocycles. The summed E-state index contributed by atoms with van der Waals surface area (Å²) >= 11 is 5.99. The molecule has 2 amide bonds. The number of nitriles is 1. The van der Waals surface area contributed by atoms with E-state index in [9.17, 15) is 4.79 Å². The number of rotatable bonds is 4. The van der Waals surface area contributed by atoms with Crippen molar-refractivity contribution in [2.45, 2.75) is 25.9 Å². The third-order valence-corrected chi connectivity index (χ3v) is 6.88. The highest BCUT2D eigenvalue weighted by Gasteiger charge is 2.30. The fourth-order valence-corrected chi connectivity index (χ4v) is 4.74. The van der Waals surface area contributed by atoms with Crippen molar-refractivity contribution in [1.29, 1.82) is 5.26 Å². The second-order valence-corrected chi connectivity index (χ2v) is 9.48. The molecule has 2 aromatic carbocycles. The molecular formula is C27H26ClN7O. The van der Waals surface area contributed by atoms with Crippen LogP contribution in [0.2, 0.25) is 5.02 Å². The zero-order chi connectivity index (χ0) is 25.2. The van der Waals surface area contributed by atoms with E-state index in [1.807, 2.05) is 54.3 Å². The van der Waals surface area contributed by atoms with E-state index in [-0.39, 0.29) is 18.1 Å². The van der Waals surface area contributed by atoms with Crippen LogP contribution in [-0.4, -0.2) is 51.6 Å². The Morgan fingerprint density at radius 2 is 1.92 bits per heavy atom. The van der Waals surface area contributed by atoms with Gasteiger partial charge in [-0.05, 0) is 55.3 Å². The van der Waals surface area contributed by atoms with Crippen molar-refractivity contribution in [3.8, 4) is 17.3 Å². The number of benzene rings is 2. The number of nitrogens with zero attached hydrogens (tertiary/aromatic N) is 5. The third kappa shape index (κ3) is 4.70. The SMILES string of the molecule is C[C@H](NC(=O)N1CCN(c2ncnc3[nH]c(-c4ccc(C#N)cc4)cc23)C[C@H]1C)c1ccc(Cl)cc1. The molecule has 0 radical (unpaired) electrons. The van der Waals surface area contributed by atoms with E-state index < -0.39 is 0 Å². The smallest absolute Gasteiger partial charge is 0.318 e. The molecule has 36 heavy (non-hydrogen) atoms. The van der Waals surface area contributed by atoms with Crippen molar-refractivity contribution in [3.63, 3.8) is 0 Å². The summed E-state index contributed by atoms with van der Waals surface area (Å²) in [5.74, 6) is 0.845. The molecule has 1 saturated heterocycles. The number of hydrogen-bond donors (Lipinski definition) is 2. The summed E-state index contributed by atoms with van der Waals surface area (Å²) in [5.41, 5.74) is 4.27. The van der Waals surface area contributed by atoms with Crippen molar-refractivity contribution >= 4 is 34.5 Å². The zero-order valence-corrected chi connectivity index (χ0v) is 20.8. The zero-order valence-electron chi connectivity index (χ0n) is 20.1. The first-order valence-electron chi connectivity index (χ1n) is 11.8. The van der Waals surface area contributed by atoms with Gasteiger partial charge in [-0.1, -0.05) is 35.9 Å². The lowest BCUT2D eigenvalue weighted by atomic mass is 10.1. The fourth-order valence-electron chi connectivity index (χ4n) is 4.61. The highest BCUT2D eigenvalue weighted by atomic mass is 35.5. The number of anilines is 1. The minimum absolute atomic E-state index is 0.00174. The number of urea groups is 1. The van der Waals surface area contributed by atoms with Crippen molar-refractivity contribution in [1.82, 2.24) is 25.2 Å². The number of carbonyl (C=O) groups excluding carboxylic acids is 1. The van der Waals surface area contributed by atoms with Gasteiger partial charge in [-0.2, -0.15) is 5.26 Å². The van der Waals surface area contributed by atoms with Crippen LogP contribution in [-0.2, 0) is 0 Å². The molecule has 4 aromatic rings. The quantitative estimate of drug-likeness (QED) is 0.405. The van der Waals surface area contributed by atoms with Gasteiger partial charge in [-0.3, -0.25) is 0 Å². The molecule has 1 aliphatic rings. The van der Waals surface area contributed by atoms with Gasteiger partial charge in [0.15, 0.2) is 0 Å². The lowest BCUT2D eigenvalue weighted by Gasteiger charge is -2.40. The number of amides is 2. The maximum Gasteiger partial charge on any atom is 0.318 e. The van der Waals surface area contributed by atoms with Crippen LogP contribution in [0.15, 0.2) is 60.9 Å². The molecule has 3 heterocycles. The van der Waals surface area contributed by atoms with Gasteiger partial charge in [0.1, 0.15) is 17.8 Å². The Balaban J connectivity index is 1.30. The number of H-pyrrole nitrogens is 1. The first-order valence-corrected chi connectivity index (χ1v) is 12.2. The third-order valence-electron chi connectivity index (χ3n) is 6.63. The first-order chi connectivity index (χ1) is 17.4. The summed E-state index contributed by atoms with van der Waals surface area (Å²) < 4.78 is 0. The van der Waals surface area contributed by atoms with Crippen molar-refractivity contribution in [3.05, 3.63) is 77.1 Å². The minimum atomic E-state index is -0.123. The molecule has 9 heteroatoms. The molecule has 5 rings (SSSR count). The molecule has 0 spiro atoms. The van der Waals surface area contributed by atoms with Crippen LogP contribution in [0.1, 0.15) is 31.0 Å². The topological polar surface area (TPSA) is 101 Å². The van der Waals surface area contributed by atoms with E-state index >= 15 is 0 Å². The predicted molar refractivity (Wildman–Crippen MR) is 141 cm³/mol. The summed E-state index contributed by atoms with van der Waals surface area (Å²) in [5, 5.41) is 13.8. The maximum atomic E-state index is 13.0. The monoisotopic (exact) mass is 499 g/mol. The van der Waals surface area contributed by atoms with E-state index in [0.717, 1.165) is 33.7 Å².